The average molecular weight is 309 g/mol. The number of hydrogen-bond donors (Lipinski definition) is 1. The molecule has 1 N–H and O–H groups in total. The molecule has 0 fully saturated rings. The second-order valence-corrected chi connectivity index (χ2v) is 5.04. The SMILES string of the molecule is O=C(O)CC(=O)N1C=CC(=C2C(=O)c3ccccc3C2=O)C=C1. The number of benzene rings is 1. The van der Waals surface area contributed by atoms with E-state index in [-0.39, 0.29) is 17.1 Å². The predicted octanol–water partition coefficient (Wildman–Crippen LogP) is 1.71. The number of Topliss-reactive ketones (excluding diaryl/α,β-unsaturated/α-hetero) is 2. The Morgan fingerprint density at radius 3 is 1.96 bits per heavy atom. The fourth-order valence-corrected chi connectivity index (χ4v) is 2.49. The molecule has 0 aromatic heterocycles. The quantitative estimate of drug-likeness (QED) is 0.510. The van der Waals surface area contributed by atoms with Gasteiger partial charge in [0.15, 0.2) is 11.6 Å². The van der Waals surface area contributed by atoms with Crippen LogP contribution in [0.4, 0.5) is 0 Å². The maximum absolute atomic E-state index is 12.4. The predicted molar refractivity (Wildman–Crippen MR) is 79.5 cm³/mol. The number of amides is 1. The van der Waals surface area contributed by atoms with Gasteiger partial charge in [-0.3, -0.25) is 24.1 Å². The highest BCUT2D eigenvalue weighted by molar-refractivity contribution is 6.40. The zero-order valence-electron chi connectivity index (χ0n) is 11.9. The van der Waals surface area contributed by atoms with Crippen LogP contribution in [0.3, 0.4) is 0 Å². The standard InChI is InChI=1S/C17H11NO5/c19-13(9-14(20)21)18-7-5-10(6-8-18)15-16(22)11-3-1-2-4-12(11)17(15)23/h1-8H,9H2,(H,20,21). The molecule has 1 aliphatic carbocycles. The van der Waals surface area contributed by atoms with Gasteiger partial charge in [0.2, 0.25) is 5.91 Å². The Morgan fingerprint density at radius 2 is 1.48 bits per heavy atom. The lowest BCUT2D eigenvalue weighted by atomic mass is 10.0. The average Bonchev–Trinajstić information content (AvgIpc) is 2.79. The van der Waals surface area contributed by atoms with Crippen molar-refractivity contribution in [2.75, 3.05) is 0 Å². The zero-order valence-corrected chi connectivity index (χ0v) is 11.9. The second-order valence-electron chi connectivity index (χ2n) is 5.04. The van der Waals surface area contributed by atoms with Crippen molar-refractivity contribution < 1.29 is 24.3 Å². The number of rotatable bonds is 2. The number of carboxylic acid groups (broad SMARTS) is 1. The lowest BCUT2D eigenvalue weighted by molar-refractivity contribution is -0.142. The molecule has 0 atom stereocenters. The molecule has 0 unspecified atom stereocenters. The Bertz CT molecular complexity index is 791. The van der Waals surface area contributed by atoms with Gasteiger partial charge in [0.25, 0.3) is 0 Å². The first-order chi connectivity index (χ1) is 11.0. The monoisotopic (exact) mass is 309 g/mol. The zero-order chi connectivity index (χ0) is 16.6. The van der Waals surface area contributed by atoms with Gasteiger partial charge in [0, 0.05) is 23.5 Å². The first-order valence-electron chi connectivity index (χ1n) is 6.81. The van der Waals surface area contributed by atoms with E-state index in [2.05, 4.69) is 0 Å². The Balaban J connectivity index is 1.90. The molecule has 0 spiro atoms. The Kier molecular flexibility index (Phi) is 3.50. The molecular formula is C17H11NO5. The number of carboxylic acids is 1. The Labute approximate surface area is 131 Å². The van der Waals surface area contributed by atoms with Crippen LogP contribution in [0.5, 0.6) is 0 Å². The molecule has 0 saturated heterocycles. The lowest BCUT2D eigenvalue weighted by Crippen LogP contribution is -2.24. The van der Waals surface area contributed by atoms with Crippen LogP contribution < -0.4 is 0 Å². The van der Waals surface area contributed by atoms with Crippen LogP contribution in [0, 0.1) is 0 Å². The highest BCUT2D eigenvalue weighted by atomic mass is 16.4. The van der Waals surface area contributed by atoms with E-state index in [0.717, 1.165) is 4.90 Å². The minimum absolute atomic E-state index is 0.0593. The van der Waals surface area contributed by atoms with Crippen molar-refractivity contribution in [1.29, 1.82) is 0 Å². The van der Waals surface area contributed by atoms with Crippen LogP contribution in [0.2, 0.25) is 0 Å². The maximum atomic E-state index is 12.4. The van der Waals surface area contributed by atoms with Crippen molar-refractivity contribution in [1.82, 2.24) is 4.90 Å². The minimum Gasteiger partial charge on any atom is -0.481 e. The van der Waals surface area contributed by atoms with Gasteiger partial charge >= 0.3 is 5.97 Å². The summed E-state index contributed by atoms with van der Waals surface area (Å²) in [5.41, 5.74) is 1.19. The van der Waals surface area contributed by atoms with Crippen molar-refractivity contribution >= 4 is 23.4 Å². The van der Waals surface area contributed by atoms with Crippen LogP contribution in [0.15, 0.2) is 60.0 Å². The Morgan fingerprint density at radius 1 is 0.957 bits per heavy atom. The number of carbonyl (C=O) groups is 4. The van der Waals surface area contributed by atoms with E-state index in [1.807, 2.05) is 0 Å². The van der Waals surface area contributed by atoms with Gasteiger partial charge in [0.1, 0.15) is 6.42 Å². The molecule has 1 aliphatic heterocycles. The fraction of sp³-hybridized carbons (Fsp3) is 0.0588. The summed E-state index contributed by atoms with van der Waals surface area (Å²) >= 11 is 0. The van der Waals surface area contributed by atoms with Crippen molar-refractivity contribution in [2.24, 2.45) is 0 Å². The molecule has 3 rings (SSSR count). The number of allylic oxidation sites excluding steroid dienone is 4. The summed E-state index contributed by atoms with van der Waals surface area (Å²) in [4.78, 5) is 48.0. The third-order valence-corrected chi connectivity index (χ3v) is 3.58. The largest absolute Gasteiger partial charge is 0.481 e. The normalized spacial score (nSPS) is 16.1. The van der Waals surface area contributed by atoms with Gasteiger partial charge in [-0.1, -0.05) is 24.3 Å². The van der Waals surface area contributed by atoms with E-state index in [0.29, 0.717) is 16.7 Å². The van der Waals surface area contributed by atoms with Crippen LogP contribution in [-0.2, 0) is 9.59 Å². The molecule has 1 heterocycles. The van der Waals surface area contributed by atoms with E-state index < -0.39 is 18.3 Å². The summed E-state index contributed by atoms with van der Waals surface area (Å²) in [6, 6.07) is 6.58. The first-order valence-corrected chi connectivity index (χ1v) is 6.81. The molecule has 6 nitrogen and oxygen atoms in total. The van der Waals surface area contributed by atoms with E-state index >= 15 is 0 Å². The van der Waals surface area contributed by atoms with Gasteiger partial charge in [-0.15, -0.1) is 0 Å². The van der Waals surface area contributed by atoms with E-state index in [1.54, 1.807) is 24.3 Å². The molecule has 2 aliphatic rings. The molecular weight excluding hydrogens is 298 g/mol. The second kappa shape index (κ2) is 5.49. The molecule has 0 saturated carbocycles. The summed E-state index contributed by atoms with van der Waals surface area (Å²) in [5, 5.41) is 8.61. The highest BCUT2D eigenvalue weighted by Gasteiger charge is 2.34. The number of nitrogens with zero attached hydrogens (tertiary/aromatic N) is 1. The molecule has 0 radical (unpaired) electrons. The molecule has 1 aromatic carbocycles. The number of aliphatic carboxylic acids is 1. The van der Waals surface area contributed by atoms with E-state index in [1.165, 1.54) is 24.6 Å². The van der Waals surface area contributed by atoms with Crippen molar-refractivity contribution in [3.05, 3.63) is 71.1 Å². The summed E-state index contributed by atoms with van der Waals surface area (Å²) in [6.07, 6.45) is 4.96. The van der Waals surface area contributed by atoms with Crippen LogP contribution in [0.1, 0.15) is 27.1 Å². The van der Waals surface area contributed by atoms with Crippen molar-refractivity contribution in [2.45, 2.75) is 6.42 Å². The van der Waals surface area contributed by atoms with Crippen LogP contribution in [0.25, 0.3) is 0 Å². The van der Waals surface area contributed by atoms with Crippen LogP contribution in [-0.4, -0.2) is 33.4 Å². The number of ketones is 2. The number of hydrogen-bond acceptors (Lipinski definition) is 4. The third kappa shape index (κ3) is 2.50. The summed E-state index contributed by atoms with van der Waals surface area (Å²) in [5.74, 6) is -2.53. The minimum atomic E-state index is -1.22. The van der Waals surface area contributed by atoms with Crippen molar-refractivity contribution in [3.63, 3.8) is 0 Å². The van der Waals surface area contributed by atoms with Gasteiger partial charge in [-0.2, -0.15) is 0 Å². The Hall–Kier alpha value is -3.28. The number of fused-ring (bicyclic) bond motifs is 1. The molecule has 0 bridgehead atoms. The van der Waals surface area contributed by atoms with E-state index in [9.17, 15) is 19.2 Å². The van der Waals surface area contributed by atoms with Crippen molar-refractivity contribution in [3.8, 4) is 0 Å². The summed E-state index contributed by atoms with van der Waals surface area (Å²) in [6.45, 7) is 0. The molecule has 23 heavy (non-hydrogen) atoms. The van der Waals surface area contributed by atoms with Gasteiger partial charge < -0.3 is 5.11 Å². The molecule has 114 valence electrons. The van der Waals surface area contributed by atoms with Gasteiger partial charge in [0.05, 0.1) is 5.57 Å². The summed E-state index contributed by atoms with van der Waals surface area (Å²) in [7, 11) is 0. The first kappa shape index (κ1) is 14.6. The third-order valence-electron chi connectivity index (χ3n) is 3.58. The topological polar surface area (TPSA) is 91.8 Å². The molecule has 1 aromatic rings. The summed E-state index contributed by atoms with van der Waals surface area (Å²) < 4.78 is 0. The maximum Gasteiger partial charge on any atom is 0.312 e. The fourth-order valence-electron chi connectivity index (χ4n) is 2.49. The lowest BCUT2D eigenvalue weighted by Gasteiger charge is -2.16. The van der Waals surface area contributed by atoms with E-state index in [4.69, 9.17) is 5.11 Å². The molecule has 6 heteroatoms. The smallest absolute Gasteiger partial charge is 0.312 e. The van der Waals surface area contributed by atoms with Crippen LogP contribution >= 0.6 is 0 Å². The molecule has 1 amide bonds. The highest BCUT2D eigenvalue weighted by Crippen LogP contribution is 2.30. The van der Waals surface area contributed by atoms with Gasteiger partial charge in [-0.05, 0) is 17.7 Å². The van der Waals surface area contributed by atoms with Gasteiger partial charge in [-0.25, -0.2) is 0 Å². The number of carbonyl (C=O) groups excluding carboxylic acids is 3.